The summed E-state index contributed by atoms with van der Waals surface area (Å²) in [6.07, 6.45) is 0. The topological polar surface area (TPSA) is 41.3 Å². The lowest BCUT2D eigenvalue weighted by Gasteiger charge is -2.38. The summed E-state index contributed by atoms with van der Waals surface area (Å²) < 4.78 is 0. The highest BCUT2D eigenvalue weighted by molar-refractivity contribution is 4.81. The van der Waals surface area contributed by atoms with E-state index < -0.39 is 0 Å². The van der Waals surface area contributed by atoms with Gasteiger partial charge in [0.2, 0.25) is 0 Å². The number of nitrogens with two attached hydrogens (primary N) is 1. The van der Waals surface area contributed by atoms with Crippen molar-refractivity contribution in [2.24, 2.45) is 16.6 Å². The summed E-state index contributed by atoms with van der Waals surface area (Å²) >= 11 is 0. The lowest BCUT2D eigenvalue weighted by Crippen LogP contribution is -2.48. The van der Waals surface area contributed by atoms with Crippen LogP contribution in [0.25, 0.3) is 0 Å². The molecule has 3 heteroatoms. The Morgan fingerprint density at radius 2 is 1.47 bits per heavy atom. The van der Waals surface area contributed by atoms with Crippen LogP contribution in [0.5, 0.6) is 0 Å². The van der Waals surface area contributed by atoms with Crippen LogP contribution in [0.2, 0.25) is 0 Å². The van der Waals surface area contributed by atoms with Crippen molar-refractivity contribution in [2.45, 2.75) is 67.5 Å². The molecule has 0 aromatic rings. The molecular weight excluding hydrogens is 234 g/mol. The Labute approximate surface area is 121 Å². The van der Waals surface area contributed by atoms with Crippen LogP contribution < -0.4 is 11.1 Å². The van der Waals surface area contributed by atoms with E-state index in [9.17, 15) is 0 Å². The highest BCUT2D eigenvalue weighted by Gasteiger charge is 2.26. The van der Waals surface area contributed by atoms with Crippen molar-refractivity contribution in [3.05, 3.63) is 0 Å². The van der Waals surface area contributed by atoms with Crippen molar-refractivity contribution in [3.63, 3.8) is 0 Å². The zero-order chi connectivity index (χ0) is 15.3. The second kappa shape index (κ2) is 7.61. The van der Waals surface area contributed by atoms with Crippen molar-refractivity contribution in [1.29, 1.82) is 0 Å². The van der Waals surface area contributed by atoms with E-state index in [-0.39, 0.29) is 0 Å². The Bertz CT molecular complexity index is 237. The molecule has 3 N–H and O–H groups in total. The van der Waals surface area contributed by atoms with Crippen LogP contribution in [0.1, 0.15) is 55.4 Å². The molecule has 2 atom stereocenters. The first kappa shape index (κ1) is 18.9. The maximum atomic E-state index is 5.75. The number of hydrogen-bond acceptors (Lipinski definition) is 3. The molecule has 0 aromatic heterocycles. The number of nitrogens with one attached hydrogen (secondary N) is 1. The molecule has 0 aliphatic heterocycles. The van der Waals surface area contributed by atoms with Gasteiger partial charge in [-0.25, -0.2) is 0 Å². The van der Waals surface area contributed by atoms with E-state index in [2.05, 4.69) is 65.6 Å². The van der Waals surface area contributed by atoms with E-state index >= 15 is 0 Å². The first-order valence-electron chi connectivity index (χ1n) is 7.67. The molecule has 0 heterocycles. The molecule has 0 aliphatic carbocycles. The molecular formula is C16H37N3. The molecule has 0 aliphatic rings. The van der Waals surface area contributed by atoms with Crippen LogP contribution in [-0.2, 0) is 0 Å². The molecule has 2 unspecified atom stereocenters. The molecule has 19 heavy (non-hydrogen) atoms. The van der Waals surface area contributed by atoms with Gasteiger partial charge in [0.25, 0.3) is 0 Å². The lowest BCUT2D eigenvalue weighted by atomic mass is 9.86. The van der Waals surface area contributed by atoms with Crippen molar-refractivity contribution in [2.75, 3.05) is 26.2 Å². The van der Waals surface area contributed by atoms with Gasteiger partial charge in [0.15, 0.2) is 0 Å². The minimum absolute atomic E-state index is 0.296. The fourth-order valence-corrected chi connectivity index (χ4v) is 1.94. The lowest BCUT2D eigenvalue weighted by molar-refractivity contribution is 0.114. The van der Waals surface area contributed by atoms with Gasteiger partial charge in [0.05, 0.1) is 0 Å². The van der Waals surface area contributed by atoms with Crippen LogP contribution in [0.4, 0.5) is 0 Å². The van der Waals surface area contributed by atoms with Gasteiger partial charge in [-0.15, -0.1) is 0 Å². The first-order valence-corrected chi connectivity index (χ1v) is 7.67. The Kier molecular flexibility index (Phi) is 7.56. The Balaban J connectivity index is 4.31. The fraction of sp³-hybridized carbons (Fsp3) is 1.00. The average molecular weight is 271 g/mol. The summed E-state index contributed by atoms with van der Waals surface area (Å²) in [7, 11) is 0. The Morgan fingerprint density at radius 1 is 0.947 bits per heavy atom. The van der Waals surface area contributed by atoms with Gasteiger partial charge < -0.3 is 11.1 Å². The van der Waals surface area contributed by atoms with E-state index in [0.717, 1.165) is 26.2 Å². The predicted molar refractivity (Wildman–Crippen MR) is 86.5 cm³/mol. The van der Waals surface area contributed by atoms with Gasteiger partial charge in [-0.1, -0.05) is 41.5 Å². The normalized spacial score (nSPS) is 16.7. The highest BCUT2D eigenvalue weighted by Crippen LogP contribution is 2.23. The van der Waals surface area contributed by atoms with Crippen LogP contribution in [0.3, 0.4) is 0 Å². The Hall–Kier alpha value is -0.120. The average Bonchev–Trinajstić information content (AvgIpc) is 2.24. The third-order valence-corrected chi connectivity index (χ3v) is 4.37. The third-order valence-electron chi connectivity index (χ3n) is 4.37. The van der Waals surface area contributed by atoms with Crippen LogP contribution in [0.15, 0.2) is 0 Å². The SMILES string of the molecule is CC(NCCN(CCN)C(C)C(C)(C)C)C(C)(C)C. The summed E-state index contributed by atoms with van der Waals surface area (Å²) in [4.78, 5) is 2.50. The zero-order valence-corrected chi connectivity index (χ0v) is 14.5. The summed E-state index contributed by atoms with van der Waals surface area (Å²) in [6.45, 7) is 22.1. The van der Waals surface area contributed by atoms with Gasteiger partial charge in [-0.3, -0.25) is 4.90 Å². The van der Waals surface area contributed by atoms with Crippen LogP contribution >= 0.6 is 0 Å². The second-order valence-corrected chi connectivity index (χ2v) is 7.91. The molecule has 0 aromatic carbocycles. The summed E-state index contributed by atoms with van der Waals surface area (Å²) in [5.74, 6) is 0. The predicted octanol–water partition coefficient (Wildman–Crippen LogP) is 2.71. The molecule has 0 radical (unpaired) electrons. The van der Waals surface area contributed by atoms with Gasteiger partial charge in [0, 0.05) is 38.3 Å². The van der Waals surface area contributed by atoms with E-state index in [1.165, 1.54) is 0 Å². The van der Waals surface area contributed by atoms with Crippen LogP contribution in [-0.4, -0.2) is 43.2 Å². The molecule has 0 fully saturated rings. The molecule has 0 saturated heterocycles. The summed E-state index contributed by atoms with van der Waals surface area (Å²) in [5.41, 5.74) is 6.36. The Morgan fingerprint density at radius 3 is 1.84 bits per heavy atom. The van der Waals surface area contributed by atoms with E-state index in [0.29, 0.717) is 22.9 Å². The van der Waals surface area contributed by atoms with Gasteiger partial charge in [-0.2, -0.15) is 0 Å². The first-order chi connectivity index (χ1) is 8.50. The largest absolute Gasteiger partial charge is 0.329 e. The zero-order valence-electron chi connectivity index (χ0n) is 14.5. The molecule has 0 amide bonds. The number of rotatable bonds is 7. The quantitative estimate of drug-likeness (QED) is 0.748. The minimum Gasteiger partial charge on any atom is -0.329 e. The molecule has 0 saturated carbocycles. The van der Waals surface area contributed by atoms with Gasteiger partial charge in [-0.05, 0) is 24.7 Å². The van der Waals surface area contributed by atoms with Crippen molar-refractivity contribution in [1.82, 2.24) is 10.2 Å². The van der Waals surface area contributed by atoms with Gasteiger partial charge in [0.1, 0.15) is 0 Å². The standard InChI is InChI=1S/C16H37N3/c1-13(15(3,4)5)18-10-12-19(11-9-17)14(2)16(6,7)8/h13-14,18H,9-12,17H2,1-8H3. The fourth-order valence-electron chi connectivity index (χ4n) is 1.94. The smallest absolute Gasteiger partial charge is 0.0116 e. The summed E-state index contributed by atoms with van der Waals surface area (Å²) in [5, 5.41) is 3.64. The van der Waals surface area contributed by atoms with Crippen molar-refractivity contribution < 1.29 is 0 Å². The van der Waals surface area contributed by atoms with E-state index in [4.69, 9.17) is 5.73 Å². The third kappa shape index (κ3) is 7.28. The van der Waals surface area contributed by atoms with Crippen molar-refractivity contribution >= 4 is 0 Å². The van der Waals surface area contributed by atoms with E-state index in [1.807, 2.05) is 0 Å². The molecule has 116 valence electrons. The van der Waals surface area contributed by atoms with Crippen molar-refractivity contribution in [3.8, 4) is 0 Å². The molecule has 0 bridgehead atoms. The number of hydrogen-bond donors (Lipinski definition) is 2. The highest BCUT2D eigenvalue weighted by atomic mass is 15.2. The van der Waals surface area contributed by atoms with Gasteiger partial charge >= 0.3 is 0 Å². The number of nitrogens with zero attached hydrogens (tertiary/aromatic N) is 1. The molecule has 3 nitrogen and oxygen atoms in total. The molecule has 0 spiro atoms. The maximum Gasteiger partial charge on any atom is 0.0116 e. The monoisotopic (exact) mass is 271 g/mol. The minimum atomic E-state index is 0.296. The molecule has 0 rings (SSSR count). The summed E-state index contributed by atoms with van der Waals surface area (Å²) in [6, 6.07) is 1.07. The van der Waals surface area contributed by atoms with E-state index in [1.54, 1.807) is 0 Å². The van der Waals surface area contributed by atoms with Crippen LogP contribution in [0, 0.1) is 10.8 Å². The maximum absolute atomic E-state index is 5.75. The second-order valence-electron chi connectivity index (χ2n) is 7.91.